The molecule has 2 rings (SSSR count). The molecule has 18 heavy (non-hydrogen) atoms. The molecule has 1 unspecified atom stereocenters. The van der Waals surface area contributed by atoms with Gasteiger partial charge in [0.05, 0.1) is 5.54 Å². The van der Waals surface area contributed by atoms with Gasteiger partial charge in [-0.2, -0.15) is 0 Å². The monoisotopic (exact) mass is 247 g/mol. The zero-order valence-corrected chi connectivity index (χ0v) is 10.9. The van der Waals surface area contributed by atoms with E-state index in [9.17, 15) is 4.79 Å². The highest BCUT2D eigenvalue weighted by Gasteiger charge is 2.39. The van der Waals surface area contributed by atoms with Gasteiger partial charge in [-0.1, -0.05) is 19.4 Å². The Labute approximate surface area is 108 Å². The van der Waals surface area contributed by atoms with Gasteiger partial charge in [0.1, 0.15) is 0 Å². The summed E-state index contributed by atoms with van der Waals surface area (Å²) in [5, 5.41) is 6.40. The minimum Gasteiger partial charge on any atom is -0.350 e. The first-order valence-corrected chi connectivity index (χ1v) is 6.69. The van der Waals surface area contributed by atoms with Crippen LogP contribution < -0.4 is 10.6 Å². The molecule has 2 heterocycles. The molecule has 1 amide bonds. The van der Waals surface area contributed by atoms with Crippen molar-refractivity contribution in [2.75, 3.05) is 6.54 Å². The number of carbonyl (C=O) groups excluding carboxylic acids is 1. The molecule has 0 bridgehead atoms. The van der Waals surface area contributed by atoms with Gasteiger partial charge in [-0.3, -0.25) is 9.78 Å². The fraction of sp³-hybridized carbons (Fsp3) is 0.571. The molecule has 98 valence electrons. The van der Waals surface area contributed by atoms with E-state index in [-0.39, 0.29) is 11.4 Å². The van der Waals surface area contributed by atoms with Crippen LogP contribution in [0.1, 0.15) is 38.2 Å². The predicted molar refractivity (Wildman–Crippen MR) is 71.0 cm³/mol. The van der Waals surface area contributed by atoms with Crippen LogP contribution in [0.4, 0.5) is 0 Å². The molecule has 2 N–H and O–H groups in total. The van der Waals surface area contributed by atoms with Crippen LogP contribution in [-0.2, 0) is 11.3 Å². The molecule has 1 aromatic heterocycles. The molecule has 0 aromatic carbocycles. The van der Waals surface area contributed by atoms with E-state index in [2.05, 4.69) is 22.5 Å². The lowest BCUT2D eigenvalue weighted by atomic mass is 9.91. The number of hydrogen-bond acceptors (Lipinski definition) is 3. The Hall–Kier alpha value is -1.42. The molecular formula is C14H21N3O. The van der Waals surface area contributed by atoms with Crippen LogP contribution >= 0.6 is 0 Å². The first-order valence-electron chi connectivity index (χ1n) is 6.69. The molecule has 0 aliphatic carbocycles. The fourth-order valence-corrected chi connectivity index (χ4v) is 2.61. The second kappa shape index (κ2) is 5.96. The molecule has 1 aliphatic heterocycles. The lowest BCUT2D eigenvalue weighted by Gasteiger charge is -2.27. The van der Waals surface area contributed by atoms with E-state index in [1.807, 2.05) is 12.1 Å². The highest BCUT2D eigenvalue weighted by molar-refractivity contribution is 5.86. The third-order valence-corrected chi connectivity index (χ3v) is 3.53. The second-order valence-corrected chi connectivity index (χ2v) is 4.91. The molecule has 0 radical (unpaired) electrons. The van der Waals surface area contributed by atoms with Gasteiger partial charge in [0.15, 0.2) is 0 Å². The van der Waals surface area contributed by atoms with E-state index in [1.165, 1.54) is 0 Å². The van der Waals surface area contributed by atoms with Gasteiger partial charge in [-0.15, -0.1) is 0 Å². The Kier molecular flexibility index (Phi) is 4.31. The maximum Gasteiger partial charge on any atom is 0.240 e. The van der Waals surface area contributed by atoms with Crippen LogP contribution in [0, 0.1) is 0 Å². The van der Waals surface area contributed by atoms with Crippen molar-refractivity contribution in [1.82, 2.24) is 15.6 Å². The zero-order valence-electron chi connectivity index (χ0n) is 10.9. The van der Waals surface area contributed by atoms with Crippen molar-refractivity contribution >= 4 is 5.91 Å². The van der Waals surface area contributed by atoms with Crippen molar-refractivity contribution in [3.63, 3.8) is 0 Å². The van der Waals surface area contributed by atoms with Gasteiger partial charge in [-0.25, -0.2) is 0 Å². The smallest absolute Gasteiger partial charge is 0.240 e. The van der Waals surface area contributed by atoms with E-state index in [0.29, 0.717) is 6.54 Å². The van der Waals surface area contributed by atoms with E-state index in [0.717, 1.165) is 37.8 Å². The van der Waals surface area contributed by atoms with Crippen molar-refractivity contribution in [3.8, 4) is 0 Å². The van der Waals surface area contributed by atoms with E-state index in [4.69, 9.17) is 0 Å². The second-order valence-electron chi connectivity index (χ2n) is 4.91. The third-order valence-electron chi connectivity index (χ3n) is 3.53. The van der Waals surface area contributed by atoms with Crippen molar-refractivity contribution in [1.29, 1.82) is 0 Å². The van der Waals surface area contributed by atoms with Gasteiger partial charge in [0.2, 0.25) is 5.91 Å². The maximum absolute atomic E-state index is 12.3. The lowest BCUT2D eigenvalue weighted by molar-refractivity contribution is -0.127. The minimum atomic E-state index is -0.336. The molecule has 4 heteroatoms. The van der Waals surface area contributed by atoms with Gasteiger partial charge < -0.3 is 10.6 Å². The molecule has 1 fully saturated rings. The van der Waals surface area contributed by atoms with E-state index >= 15 is 0 Å². The van der Waals surface area contributed by atoms with Crippen molar-refractivity contribution in [2.45, 2.75) is 44.7 Å². The van der Waals surface area contributed by atoms with Crippen LogP contribution in [0.5, 0.6) is 0 Å². The Balaban J connectivity index is 1.94. The molecule has 0 spiro atoms. The van der Waals surface area contributed by atoms with Crippen LogP contribution in [0.2, 0.25) is 0 Å². The Morgan fingerprint density at radius 3 is 3.11 bits per heavy atom. The lowest BCUT2D eigenvalue weighted by Crippen LogP contribution is -2.53. The third kappa shape index (κ3) is 2.88. The molecule has 1 aromatic rings. The molecule has 1 saturated heterocycles. The van der Waals surface area contributed by atoms with Gasteiger partial charge in [0, 0.05) is 18.9 Å². The molecule has 0 saturated carbocycles. The summed E-state index contributed by atoms with van der Waals surface area (Å²) in [6.45, 7) is 3.62. The number of carbonyl (C=O) groups is 1. The van der Waals surface area contributed by atoms with E-state index in [1.54, 1.807) is 12.4 Å². The summed E-state index contributed by atoms with van der Waals surface area (Å²) in [5.41, 5.74) is 0.701. The van der Waals surface area contributed by atoms with Crippen molar-refractivity contribution < 1.29 is 4.79 Å². The first kappa shape index (κ1) is 13.0. The summed E-state index contributed by atoms with van der Waals surface area (Å²) in [7, 11) is 0. The summed E-state index contributed by atoms with van der Waals surface area (Å²) < 4.78 is 0. The molecule has 4 nitrogen and oxygen atoms in total. The number of nitrogens with one attached hydrogen (secondary N) is 2. The number of amides is 1. The number of aromatic nitrogens is 1. The number of pyridine rings is 1. The Morgan fingerprint density at radius 2 is 2.50 bits per heavy atom. The van der Waals surface area contributed by atoms with Crippen molar-refractivity contribution in [3.05, 3.63) is 30.1 Å². The van der Waals surface area contributed by atoms with Gasteiger partial charge >= 0.3 is 0 Å². The predicted octanol–water partition coefficient (Wildman–Crippen LogP) is 1.62. The number of nitrogens with zero attached hydrogens (tertiary/aromatic N) is 1. The fourth-order valence-electron chi connectivity index (χ4n) is 2.61. The van der Waals surface area contributed by atoms with Crippen LogP contribution in [-0.4, -0.2) is 23.0 Å². The summed E-state index contributed by atoms with van der Waals surface area (Å²) in [5.74, 6) is 0.130. The van der Waals surface area contributed by atoms with Crippen molar-refractivity contribution in [2.24, 2.45) is 0 Å². The van der Waals surface area contributed by atoms with Gasteiger partial charge in [0.25, 0.3) is 0 Å². The van der Waals surface area contributed by atoms with E-state index < -0.39 is 0 Å². The summed E-state index contributed by atoms with van der Waals surface area (Å²) in [4.78, 5) is 16.4. The Morgan fingerprint density at radius 1 is 1.61 bits per heavy atom. The average molecular weight is 247 g/mol. The van der Waals surface area contributed by atoms with Gasteiger partial charge in [-0.05, 0) is 37.4 Å². The average Bonchev–Trinajstić information content (AvgIpc) is 2.87. The Bertz CT molecular complexity index is 385. The minimum absolute atomic E-state index is 0.130. The zero-order chi connectivity index (χ0) is 12.8. The maximum atomic E-state index is 12.3. The highest BCUT2D eigenvalue weighted by atomic mass is 16.2. The van der Waals surface area contributed by atoms with Crippen LogP contribution in [0.25, 0.3) is 0 Å². The SMILES string of the molecule is CCCC1(C(=O)NCc2cccnc2)CCCN1. The van der Waals surface area contributed by atoms with Crippen LogP contribution in [0.15, 0.2) is 24.5 Å². The summed E-state index contributed by atoms with van der Waals surface area (Å²) >= 11 is 0. The summed E-state index contributed by atoms with van der Waals surface area (Å²) in [6, 6.07) is 3.86. The largest absolute Gasteiger partial charge is 0.350 e. The quantitative estimate of drug-likeness (QED) is 0.831. The highest BCUT2D eigenvalue weighted by Crippen LogP contribution is 2.24. The standard InChI is InChI=1S/C14H21N3O/c1-2-6-14(7-4-9-17-14)13(18)16-11-12-5-3-8-15-10-12/h3,5,8,10,17H,2,4,6-7,9,11H2,1H3,(H,16,18). The topological polar surface area (TPSA) is 54.0 Å². The molecular weight excluding hydrogens is 226 g/mol. The first-order chi connectivity index (χ1) is 8.77. The number of hydrogen-bond donors (Lipinski definition) is 2. The number of rotatable bonds is 5. The molecule has 1 atom stereocenters. The summed E-state index contributed by atoms with van der Waals surface area (Å²) in [6.07, 6.45) is 7.48. The van der Waals surface area contributed by atoms with Crippen LogP contribution in [0.3, 0.4) is 0 Å². The normalized spacial score (nSPS) is 22.9. The molecule has 1 aliphatic rings.